The van der Waals surface area contributed by atoms with Crippen LogP contribution < -0.4 is 10.8 Å². The lowest BCUT2D eigenvalue weighted by molar-refractivity contribution is -0.119. The molecule has 0 aliphatic carbocycles. The molecule has 3 heterocycles. The molecule has 3 N–H and O–H groups in total. The van der Waals surface area contributed by atoms with Crippen molar-refractivity contribution in [3.8, 4) is 0 Å². The van der Waals surface area contributed by atoms with Crippen molar-refractivity contribution in [3.05, 3.63) is 35.0 Å². The number of hydrogen-bond acceptors (Lipinski definition) is 6. The summed E-state index contributed by atoms with van der Waals surface area (Å²) in [6, 6.07) is 5.30. The fourth-order valence-electron chi connectivity index (χ4n) is 3.81. The highest BCUT2D eigenvalue weighted by Gasteiger charge is 2.19. The molecule has 3 aromatic rings. The number of aryl methyl sites for hydroxylation is 1. The zero-order valence-corrected chi connectivity index (χ0v) is 19.2. The van der Waals surface area contributed by atoms with Crippen molar-refractivity contribution in [2.75, 3.05) is 18.4 Å². The van der Waals surface area contributed by atoms with Crippen molar-refractivity contribution < 1.29 is 9.59 Å². The van der Waals surface area contributed by atoms with Gasteiger partial charge >= 0.3 is 0 Å². The molecule has 11 heteroatoms. The number of fused-ring (bicyclic) bond motifs is 1. The molecule has 168 valence electrons. The van der Waals surface area contributed by atoms with Gasteiger partial charge in [0.05, 0.1) is 11.3 Å². The average molecular weight is 474 g/mol. The minimum absolute atomic E-state index is 0.141. The SMILES string of the molecule is CC(=O)Nc1ccc(Sc2nc3c([nH]2)c(=N)ncn3CCC2CCN(C=O)CC2)c(Cl)c1. The molecule has 0 saturated carbocycles. The molecule has 1 aromatic carbocycles. The van der Waals surface area contributed by atoms with Crippen LogP contribution in [0.25, 0.3) is 11.2 Å². The van der Waals surface area contributed by atoms with Crippen molar-refractivity contribution in [2.24, 2.45) is 5.92 Å². The van der Waals surface area contributed by atoms with Crippen molar-refractivity contribution in [2.45, 2.75) is 42.8 Å². The summed E-state index contributed by atoms with van der Waals surface area (Å²) in [5.74, 6) is 0.395. The van der Waals surface area contributed by atoms with Gasteiger partial charge in [0.1, 0.15) is 5.52 Å². The molecule has 9 nitrogen and oxygen atoms in total. The Morgan fingerprint density at radius 1 is 1.41 bits per heavy atom. The van der Waals surface area contributed by atoms with Gasteiger partial charge in [0, 0.05) is 37.1 Å². The second-order valence-corrected chi connectivity index (χ2v) is 9.27. The van der Waals surface area contributed by atoms with E-state index in [1.165, 1.54) is 18.7 Å². The molecule has 4 rings (SSSR count). The molecule has 0 bridgehead atoms. The maximum absolute atomic E-state index is 11.2. The van der Waals surface area contributed by atoms with Crippen LogP contribution in [0.1, 0.15) is 26.2 Å². The van der Waals surface area contributed by atoms with Crippen molar-refractivity contribution in [3.63, 3.8) is 0 Å². The molecule has 0 atom stereocenters. The van der Waals surface area contributed by atoms with E-state index >= 15 is 0 Å². The van der Waals surface area contributed by atoms with Crippen LogP contribution in [0.2, 0.25) is 5.02 Å². The molecule has 2 aromatic heterocycles. The molecule has 0 spiro atoms. The quantitative estimate of drug-likeness (QED) is 0.455. The van der Waals surface area contributed by atoms with Crippen LogP contribution in [0.4, 0.5) is 5.69 Å². The molecule has 1 fully saturated rings. The highest BCUT2D eigenvalue weighted by atomic mass is 35.5. The van der Waals surface area contributed by atoms with Crippen molar-refractivity contribution in [1.82, 2.24) is 24.4 Å². The molecule has 1 aliphatic heterocycles. The number of piperidine rings is 1. The summed E-state index contributed by atoms with van der Waals surface area (Å²) < 4.78 is 1.97. The third kappa shape index (κ3) is 5.13. The first-order valence-corrected chi connectivity index (χ1v) is 11.6. The van der Waals surface area contributed by atoms with E-state index in [-0.39, 0.29) is 11.4 Å². The van der Waals surface area contributed by atoms with Gasteiger partial charge in [0.25, 0.3) is 0 Å². The number of likely N-dealkylation sites (tertiary alicyclic amines) is 1. The van der Waals surface area contributed by atoms with Crippen LogP contribution in [-0.2, 0) is 16.1 Å². The molecule has 32 heavy (non-hydrogen) atoms. The molecule has 0 unspecified atom stereocenters. The Morgan fingerprint density at radius 3 is 2.88 bits per heavy atom. The Balaban J connectivity index is 1.50. The van der Waals surface area contributed by atoms with E-state index in [2.05, 4.69) is 15.3 Å². The largest absolute Gasteiger partial charge is 0.345 e. The Kier molecular flexibility index (Phi) is 6.80. The number of aromatic nitrogens is 4. The van der Waals surface area contributed by atoms with E-state index in [1.54, 1.807) is 18.5 Å². The Hall–Kier alpha value is -2.85. The number of hydrogen-bond donors (Lipinski definition) is 3. The second-order valence-electron chi connectivity index (χ2n) is 7.83. The first-order chi connectivity index (χ1) is 15.4. The zero-order chi connectivity index (χ0) is 22.7. The molecule has 2 amide bonds. The van der Waals surface area contributed by atoms with E-state index in [1.807, 2.05) is 15.5 Å². The number of imidazole rings is 1. The van der Waals surface area contributed by atoms with Crippen LogP contribution >= 0.6 is 23.4 Å². The van der Waals surface area contributed by atoms with Crippen LogP contribution in [0.5, 0.6) is 0 Å². The van der Waals surface area contributed by atoms with Gasteiger partial charge in [-0.05, 0) is 43.4 Å². The van der Waals surface area contributed by atoms with Crippen LogP contribution in [0.15, 0.2) is 34.6 Å². The number of H-pyrrole nitrogens is 1. The number of nitrogens with one attached hydrogen (secondary N) is 3. The number of rotatable bonds is 7. The second kappa shape index (κ2) is 9.74. The number of amides is 2. The van der Waals surface area contributed by atoms with Gasteiger partial charge in [-0.25, -0.2) is 9.97 Å². The van der Waals surface area contributed by atoms with Gasteiger partial charge in [0.15, 0.2) is 16.3 Å². The monoisotopic (exact) mass is 473 g/mol. The third-order valence-corrected chi connectivity index (χ3v) is 6.92. The maximum Gasteiger partial charge on any atom is 0.221 e. The standard InChI is InChI=1S/C21H24ClN7O2S/c1-13(31)25-15-2-3-17(16(22)10-15)32-21-26-18-19(23)24-11-29(20(18)27-21)9-6-14-4-7-28(12-30)8-5-14/h2-3,10-12,14,23H,4-9H2,1H3,(H,25,31)(H,26,27). The predicted octanol–water partition coefficient (Wildman–Crippen LogP) is 3.26. The van der Waals surface area contributed by atoms with E-state index < -0.39 is 0 Å². The van der Waals surface area contributed by atoms with E-state index in [0.29, 0.717) is 32.9 Å². The topological polar surface area (TPSA) is 120 Å². The zero-order valence-electron chi connectivity index (χ0n) is 17.6. The number of carbonyl (C=O) groups is 2. The fraction of sp³-hybridized carbons (Fsp3) is 0.381. The summed E-state index contributed by atoms with van der Waals surface area (Å²) >= 11 is 7.75. The molecule has 1 aliphatic rings. The average Bonchev–Trinajstić information content (AvgIpc) is 3.20. The highest BCUT2D eigenvalue weighted by Crippen LogP contribution is 2.34. The lowest BCUT2D eigenvalue weighted by Crippen LogP contribution is -2.32. The minimum atomic E-state index is -0.159. The molecule has 0 radical (unpaired) electrons. The van der Waals surface area contributed by atoms with E-state index in [0.717, 1.165) is 50.2 Å². The smallest absolute Gasteiger partial charge is 0.221 e. The molecular weight excluding hydrogens is 450 g/mol. The van der Waals surface area contributed by atoms with Crippen LogP contribution in [0, 0.1) is 11.3 Å². The number of carbonyl (C=O) groups excluding carboxylic acids is 2. The molecular formula is C21H24ClN7O2S. The Labute approximate surface area is 194 Å². The van der Waals surface area contributed by atoms with Crippen molar-refractivity contribution in [1.29, 1.82) is 5.41 Å². The predicted molar refractivity (Wildman–Crippen MR) is 123 cm³/mol. The van der Waals surface area contributed by atoms with Gasteiger partial charge in [-0.3, -0.25) is 15.0 Å². The summed E-state index contributed by atoms with van der Waals surface area (Å²) in [4.78, 5) is 36.8. The van der Waals surface area contributed by atoms with Gasteiger partial charge in [-0.1, -0.05) is 23.4 Å². The van der Waals surface area contributed by atoms with E-state index in [4.69, 9.17) is 22.0 Å². The minimum Gasteiger partial charge on any atom is -0.345 e. The number of nitrogens with zero attached hydrogens (tertiary/aromatic N) is 4. The van der Waals surface area contributed by atoms with Crippen molar-refractivity contribution >= 4 is 52.5 Å². The number of aromatic amines is 1. The van der Waals surface area contributed by atoms with Gasteiger partial charge in [0.2, 0.25) is 12.3 Å². The first-order valence-electron chi connectivity index (χ1n) is 10.4. The van der Waals surface area contributed by atoms with Gasteiger partial charge in [-0.2, -0.15) is 0 Å². The summed E-state index contributed by atoms with van der Waals surface area (Å²) in [7, 11) is 0. The Morgan fingerprint density at radius 2 is 2.19 bits per heavy atom. The first kappa shape index (κ1) is 22.3. The third-order valence-electron chi connectivity index (χ3n) is 5.53. The van der Waals surface area contributed by atoms with Gasteiger partial charge in [-0.15, -0.1) is 0 Å². The van der Waals surface area contributed by atoms with Crippen LogP contribution in [-0.4, -0.2) is 49.8 Å². The lowest BCUT2D eigenvalue weighted by Gasteiger charge is -2.29. The van der Waals surface area contributed by atoms with Crippen LogP contribution in [0.3, 0.4) is 0 Å². The lowest BCUT2D eigenvalue weighted by atomic mass is 9.94. The normalized spacial score (nSPS) is 14.6. The summed E-state index contributed by atoms with van der Waals surface area (Å²) in [6.45, 7) is 3.81. The molecule has 1 saturated heterocycles. The Bertz CT molecular complexity index is 1200. The van der Waals surface area contributed by atoms with Gasteiger partial charge < -0.3 is 19.8 Å². The maximum atomic E-state index is 11.2. The number of anilines is 1. The number of benzene rings is 1. The highest BCUT2D eigenvalue weighted by molar-refractivity contribution is 7.99. The summed E-state index contributed by atoms with van der Waals surface area (Å²) in [5, 5.41) is 12.0. The summed E-state index contributed by atoms with van der Waals surface area (Å²) in [6.07, 6.45) is 5.56. The summed E-state index contributed by atoms with van der Waals surface area (Å²) in [5.41, 5.74) is 2.04. The number of halogens is 1. The van der Waals surface area contributed by atoms with E-state index in [9.17, 15) is 9.59 Å². The fourth-order valence-corrected chi connectivity index (χ4v) is 4.89.